The molecule has 3 heteroatoms. The average Bonchev–Trinajstić information content (AvgIpc) is 2.56. The molecule has 1 saturated carbocycles. The first-order chi connectivity index (χ1) is 7.23. The maximum absolute atomic E-state index is 11.5. The van der Waals surface area contributed by atoms with E-state index in [2.05, 4.69) is 29.2 Å². The summed E-state index contributed by atoms with van der Waals surface area (Å²) in [5, 5.41) is 0. The van der Waals surface area contributed by atoms with Crippen LogP contribution >= 0.6 is 22.6 Å². The van der Waals surface area contributed by atoms with Gasteiger partial charge >= 0.3 is 5.97 Å². The third-order valence-corrected chi connectivity index (χ3v) is 5.06. The first-order valence-electron chi connectivity index (χ1n) is 5.61. The second-order valence-electron chi connectivity index (χ2n) is 4.62. The quantitative estimate of drug-likeness (QED) is 0.346. The fraction of sp³-hybridized carbons (Fsp3) is 0.750. The van der Waals surface area contributed by atoms with Crippen molar-refractivity contribution in [1.29, 1.82) is 0 Å². The van der Waals surface area contributed by atoms with Gasteiger partial charge in [0.1, 0.15) is 5.60 Å². The number of carbonyl (C=O) groups is 1. The van der Waals surface area contributed by atoms with Crippen molar-refractivity contribution in [3.8, 4) is 0 Å². The number of alkyl halides is 1. The number of fused-ring (bicyclic) bond motifs is 1. The molecule has 3 atom stereocenters. The molecule has 0 N–H and O–H groups in total. The number of carbonyl (C=O) groups excluding carboxylic acids is 1. The van der Waals surface area contributed by atoms with Crippen LogP contribution in [0.5, 0.6) is 0 Å². The SMILES string of the molecule is C=CC[C@@H]1CCC[C@H]2CC(=O)O[C@@]12CI. The standard InChI is InChI=1S/C12H17IO2/c1-2-4-9-5-3-6-10-7-11(14)15-12(9,10)8-13/h2,9-10H,1,3-8H2/t9-,10+,12+/m1/s1. The molecule has 1 aliphatic carbocycles. The van der Waals surface area contributed by atoms with Crippen molar-refractivity contribution >= 4 is 28.6 Å². The van der Waals surface area contributed by atoms with E-state index in [1.807, 2.05) is 6.08 Å². The van der Waals surface area contributed by atoms with Crippen LogP contribution in [0.25, 0.3) is 0 Å². The highest BCUT2D eigenvalue weighted by atomic mass is 127. The monoisotopic (exact) mass is 320 g/mol. The van der Waals surface area contributed by atoms with E-state index < -0.39 is 0 Å². The van der Waals surface area contributed by atoms with Crippen molar-refractivity contribution in [2.45, 2.75) is 37.7 Å². The van der Waals surface area contributed by atoms with Crippen LogP contribution in [0, 0.1) is 11.8 Å². The Balaban J connectivity index is 2.24. The number of hydrogen-bond donors (Lipinski definition) is 0. The van der Waals surface area contributed by atoms with E-state index in [-0.39, 0.29) is 11.6 Å². The van der Waals surface area contributed by atoms with Crippen LogP contribution in [-0.2, 0) is 9.53 Å². The van der Waals surface area contributed by atoms with Crippen LogP contribution in [0.4, 0.5) is 0 Å². The first-order valence-corrected chi connectivity index (χ1v) is 7.14. The minimum Gasteiger partial charge on any atom is -0.458 e. The molecule has 0 radical (unpaired) electrons. The van der Waals surface area contributed by atoms with Gasteiger partial charge in [0.15, 0.2) is 0 Å². The molecule has 1 heterocycles. The molecule has 2 rings (SSSR count). The second kappa shape index (κ2) is 4.44. The average molecular weight is 320 g/mol. The van der Waals surface area contributed by atoms with Gasteiger partial charge in [-0.15, -0.1) is 6.58 Å². The Hall–Kier alpha value is -0.0600. The molecule has 84 valence electrons. The summed E-state index contributed by atoms with van der Waals surface area (Å²) < 4.78 is 6.60. The van der Waals surface area contributed by atoms with E-state index in [9.17, 15) is 4.79 Å². The molecule has 2 aliphatic rings. The molecule has 0 spiro atoms. The number of allylic oxidation sites excluding steroid dienone is 1. The number of esters is 1. The van der Waals surface area contributed by atoms with E-state index in [4.69, 9.17) is 4.74 Å². The topological polar surface area (TPSA) is 26.3 Å². The molecular weight excluding hydrogens is 303 g/mol. The zero-order chi connectivity index (χ0) is 10.9. The predicted octanol–water partition coefficient (Wildman–Crippen LogP) is 3.10. The summed E-state index contributed by atoms with van der Waals surface area (Å²) in [6.07, 6.45) is 7.15. The molecule has 0 aromatic heterocycles. The van der Waals surface area contributed by atoms with Crippen LogP contribution in [0.3, 0.4) is 0 Å². The maximum Gasteiger partial charge on any atom is 0.306 e. The molecule has 2 nitrogen and oxygen atoms in total. The smallest absolute Gasteiger partial charge is 0.306 e. The zero-order valence-electron chi connectivity index (χ0n) is 8.88. The normalized spacial score (nSPS) is 39.7. The summed E-state index contributed by atoms with van der Waals surface area (Å²) in [4.78, 5) is 11.5. The predicted molar refractivity (Wildman–Crippen MR) is 68.0 cm³/mol. The minimum absolute atomic E-state index is 0.00706. The second-order valence-corrected chi connectivity index (χ2v) is 5.38. The van der Waals surface area contributed by atoms with E-state index >= 15 is 0 Å². The lowest BCUT2D eigenvalue weighted by atomic mass is 9.68. The van der Waals surface area contributed by atoms with Crippen molar-refractivity contribution in [3.05, 3.63) is 12.7 Å². The minimum atomic E-state index is -0.163. The lowest BCUT2D eigenvalue weighted by Gasteiger charge is -2.42. The van der Waals surface area contributed by atoms with Crippen molar-refractivity contribution < 1.29 is 9.53 Å². The van der Waals surface area contributed by atoms with Gasteiger partial charge in [-0.2, -0.15) is 0 Å². The van der Waals surface area contributed by atoms with Gasteiger partial charge in [-0.05, 0) is 19.3 Å². The molecule has 2 fully saturated rings. The Morgan fingerprint density at radius 2 is 2.40 bits per heavy atom. The van der Waals surface area contributed by atoms with Crippen LogP contribution in [0.15, 0.2) is 12.7 Å². The largest absolute Gasteiger partial charge is 0.458 e. The summed E-state index contributed by atoms with van der Waals surface area (Å²) in [7, 11) is 0. The van der Waals surface area contributed by atoms with Gasteiger partial charge < -0.3 is 4.74 Å². The van der Waals surface area contributed by atoms with E-state index in [0.29, 0.717) is 18.3 Å². The molecule has 0 unspecified atom stereocenters. The van der Waals surface area contributed by atoms with Crippen LogP contribution < -0.4 is 0 Å². The molecule has 0 aromatic rings. The van der Waals surface area contributed by atoms with Gasteiger partial charge in [-0.3, -0.25) is 4.79 Å². The molecule has 0 bridgehead atoms. The fourth-order valence-corrected chi connectivity index (χ4v) is 4.49. The number of ether oxygens (including phenoxy) is 1. The number of rotatable bonds is 3. The van der Waals surface area contributed by atoms with Gasteiger partial charge in [0.05, 0.1) is 6.42 Å². The Kier molecular flexibility index (Phi) is 3.38. The molecule has 1 aliphatic heterocycles. The third-order valence-electron chi connectivity index (χ3n) is 3.86. The van der Waals surface area contributed by atoms with Gasteiger partial charge in [-0.25, -0.2) is 0 Å². The molecular formula is C12H17IO2. The summed E-state index contributed by atoms with van der Waals surface area (Å²) in [6.45, 7) is 3.81. The van der Waals surface area contributed by atoms with Gasteiger partial charge in [0.25, 0.3) is 0 Å². The van der Waals surface area contributed by atoms with Crippen molar-refractivity contribution in [3.63, 3.8) is 0 Å². The van der Waals surface area contributed by atoms with Crippen LogP contribution in [-0.4, -0.2) is 16.0 Å². The highest BCUT2D eigenvalue weighted by Crippen LogP contribution is 2.49. The van der Waals surface area contributed by atoms with Crippen molar-refractivity contribution in [1.82, 2.24) is 0 Å². The first kappa shape index (κ1) is 11.4. The van der Waals surface area contributed by atoms with Crippen molar-refractivity contribution in [2.75, 3.05) is 4.43 Å². The Labute approximate surface area is 105 Å². The number of hydrogen-bond acceptors (Lipinski definition) is 2. The highest BCUT2D eigenvalue weighted by Gasteiger charge is 2.54. The fourth-order valence-electron chi connectivity index (χ4n) is 3.09. The van der Waals surface area contributed by atoms with E-state index in [1.165, 1.54) is 12.8 Å². The third kappa shape index (κ3) is 1.83. The Morgan fingerprint density at radius 3 is 3.07 bits per heavy atom. The number of halogens is 1. The lowest BCUT2D eigenvalue weighted by molar-refractivity contribution is -0.153. The maximum atomic E-state index is 11.5. The van der Waals surface area contributed by atoms with Gasteiger partial charge in [0.2, 0.25) is 0 Å². The summed E-state index contributed by atoms with van der Waals surface area (Å²) >= 11 is 2.37. The summed E-state index contributed by atoms with van der Waals surface area (Å²) in [5.74, 6) is 0.963. The Morgan fingerprint density at radius 1 is 1.60 bits per heavy atom. The summed E-state index contributed by atoms with van der Waals surface area (Å²) in [5.41, 5.74) is -0.163. The molecule has 15 heavy (non-hydrogen) atoms. The van der Waals surface area contributed by atoms with Crippen LogP contribution in [0.2, 0.25) is 0 Å². The van der Waals surface area contributed by atoms with Gasteiger partial charge in [0, 0.05) is 16.3 Å². The lowest BCUT2D eigenvalue weighted by Crippen LogP contribution is -2.47. The van der Waals surface area contributed by atoms with E-state index in [0.717, 1.165) is 17.3 Å². The summed E-state index contributed by atoms with van der Waals surface area (Å²) in [6, 6.07) is 0. The highest BCUT2D eigenvalue weighted by molar-refractivity contribution is 14.1. The van der Waals surface area contributed by atoms with Crippen molar-refractivity contribution in [2.24, 2.45) is 11.8 Å². The van der Waals surface area contributed by atoms with E-state index in [1.54, 1.807) is 0 Å². The molecule has 0 aromatic carbocycles. The Bertz CT molecular complexity index is 277. The zero-order valence-corrected chi connectivity index (χ0v) is 11.0. The van der Waals surface area contributed by atoms with Gasteiger partial charge in [-0.1, -0.05) is 35.1 Å². The molecule has 0 amide bonds. The van der Waals surface area contributed by atoms with Crippen LogP contribution in [0.1, 0.15) is 32.1 Å². The molecule has 1 saturated heterocycles.